The van der Waals surface area contributed by atoms with Gasteiger partial charge < -0.3 is 19.9 Å². The van der Waals surface area contributed by atoms with Crippen LogP contribution in [0.25, 0.3) is 16.6 Å². The third-order valence-corrected chi connectivity index (χ3v) is 6.59. The topological polar surface area (TPSA) is 70.2 Å². The third-order valence-electron chi connectivity index (χ3n) is 6.59. The normalized spacial score (nSPS) is 19.7. The molecule has 2 unspecified atom stereocenters. The molecule has 0 radical (unpaired) electrons. The van der Waals surface area contributed by atoms with E-state index in [-0.39, 0.29) is 12.1 Å². The quantitative estimate of drug-likeness (QED) is 0.574. The van der Waals surface area contributed by atoms with Gasteiger partial charge in [0.1, 0.15) is 5.65 Å². The number of hydrogen-bond donors (Lipinski definition) is 2. The fourth-order valence-electron chi connectivity index (χ4n) is 4.79. The van der Waals surface area contributed by atoms with Gasteiger partial charge in [0.15, 0.2) is 0 Å². The van der Waals surface area contributed by atoms with Gasteiger partial charge in [-0.2, -0.15) is 0 Å². The zero-order chi connectivity index (χ0) is 21.8. The molecule has 6 nitrogen and oxygen atoms in total. The standard InChI is InChI=1S/C26H30N4O2/c31-26(29-24(20-6-2-1-3-7-20)11-10-21-8-5-17-32-21)30-15-12-19(13-16-30)23-18-28-25-22(23)9-4-14-27-25/h1-4,6-7,9,12,14,18,21,24H,5,8,10-11,13,15-17H2,(H,27,28)(H,29,31). The van der Waals surface area contributed by atoms with Crippen molar-refractivity contribution in [1.29, 1.82) is 0 Å². The van der Waals surface area contributed by atoms with Crippen molar-refractivity contribution in [2.24, 2.45) is 0 Å². The molecule has 0 spiro atoms. The van der Waals surface area contributed by atoms with E-state index >= 15 is 0 Å². The summed E-state index contributed by atoms with van der Waals surface area (Å²) < 4.78 is 5.80. The highest BCUT2D eigenvalue weighted by atomic mass is 16.5. The Kier molecular flexibility index (Phi) is 6.21. The van der Waals surface area contributed by atoms with Crippen LogP contribution >= 0.6 is 0 Å². The Bertz CT molecular complexity index is 1090. The van der Waals surface area contributed by atoms with Gasteiger partial charge in [0.2, 0.25) is 0 Å². The van der Waals surface area contributed by atoms with Gasteiger partial charge in [-0.25, -0.2) is 9.78 Å². The highest BCUT2D eigenvalue weighted by Crippen LogP contribution is 2.29. The van der Waals surface area contributed by atoms with Crippen LogP contribution in [0.1, 0.15) is 49.3 Å². The van der Waals surface area contributed by atoms with Crippen LogP contribution in [0.3, 0.4) is 0 Å². The van der Waals surface area contributed by atoms with Gasteiger partial charge in [0.05, 0.1) is 12.1 Å². The van der Waals surface area contributed by atoms with Crippen LogP contribution in [-0.2, 0) is 4.74 Å². The Labute approximate surface area is 188 Å². The maximum absolute atomic E-state index is 13.1. The monoisotopic (exact) mass is 430 g/mol. The Hall–Kier alpha value is -3.12. The highest BCUT2D eigenvalue weighted by Gasteiger charge is 2.24. The van der Waals surface area contributed by atoms with E-state index in [0.29, 0.717) is 19.2 Å². The molecule has 5 rings (SSSR count). The fourth-order valence-corrected chi connectivity index (χ4v) is 4.79. The summed E-state index contributed by atoms with van der Waals surface area (Å²) in [7, 11) is 0. The molecule has 0 aliphatic carbocycles. The van der Waals surface area contributed by atoms with Crippen molar-refractivity contribution >= 4 is 22.6 Å². The largest absolute Gasteiger partial charge is 0.378 e. The number of urea groups is 1. The van der Waals surface area contributed by atoms with Crippen LogP contribution in [0, 0.1) is 0 Å². The number of fused-ring (bicyclic) bond motifs is 1. The van der Waals surface area contributed by atoms with E-state index in [1.54, 1.807) is 6.20 Å². The van der Waals surface area contributed by atoms with Gasteiger partial charge in [-0.15, -0.1) is 0 Å². The smallest absolute Gasteiger partial charge is 0.318 e. The Morgan fingerprint density at radius 2 is 2.16 bits per heavy atom. The number of amides is 2. The van der Waals surface area contributed by atoms with Crippen molar-refractivity contribution in [1.82, 2.24) is 20.2 Å². The lowest BCUT2D eigenvalue weighted by Gasteiger charge is -2.29. The molecule has 0 bridgehead atoms. The molecule has 6 heteroatoms. The predicted octanol–water partition coefficient (Wildman–Crippen LogP) is 5.06. The van der Waals surface area contributed by atoms with Crippen LogP contribution in [0.4, 0.5) is 4.79 Å². The van der Waals surface area contributed by atoms with Crippen LogP contribution in [0.2, 0.25) is 0 Å². The SMILES string of the molecule is O=C(NC(CCC1CCCO1)c1ccccc1)N1CC=C(c2c[nH]c3ncccc23)CC1. The first-order valence-electron chi connectivity index (χ1n) is 11.6. The second-order valence-electron chi connectivity index (χ2n) is 8.65. The number of H-pyrrole nitrogens is 1. The van der Waals surface area contributed by atoms with Gasteiger partial charge in [0.25, 0.3) is 0 Å². The van der Waals surface area contributed by atoms with Crippen LogP contribution < -0.4 is 5.32 Å². The summed E-state index contributed by atoms with van der Waals surface area (Å²) in [5, 5.41) is 4.43. The van der Waals surface area contributed by atoms with Crippen molar-refractivity contribution in [2.45, 2.75) is 44.2 Å². The van der Waals surface area contributed by atoms with Crippen molar-refractivity contribution in [3.8, 4) is 0 Å². The van der Waals surface area contributed by atoms with Crippen molar-refractivity contribution in [2.75, 3.05) is 19.7 Å². The number of hydrogen-bond acceptors (Lipinski definition) is 3. The summed E-state index contributed by atoms with van der Waals surface area (Å²) in [5.74, 6) is 0. The number of pyridine rings is 1. The second kappa shape index (κ2) is 9.57. The molecule has 1 fully saturated rings. The number of nitrogens with zero attached hydrogens (tertiary/aromatic N) is 2. The molecule has 32 heavy (non-hydrogen) atoms. The van der Waals surface area contributed by atoms with Crippen molar-refractivity contribution in [3.63, 3.8) is 0 Å². The highest BCUT2D eigenvalue weighted by molar-refractivity contribution is 5.91. The maximum atomic E-state index is 13.1. The molecule has 1 saturated heterocycles. The molecule has 2 aliphatic rings. The predicted molar refractivity (Wildman–Crippen MR) is 126 cm³/mol. The fraction of sp³-hybridized carbons (Fsp3) is 0.385. The molecule has 2 atom stereocenters. The van der Waals surface area contributed by atoms with Crippen molar-refractivity contribution < 1.29 is 9.53 Å². The second-order valence-corrected chi connectivity index (χ2v) is 8.65. The number of rotatable bonds is 6. The average molecular weight is 431 g/mol. The minimum atomic E-state index is -0.00188. The molecule has 166 valence electrons. The number of benzene rings is 1. The number of aromatic amines is 1. The van der Waals surface area contributed by atoms with E-state index < -0.39 is 0 Å². The van der Waals surface area contributed by atoms with Crippen LogP contribution in [-0.4, -0.2) is 46.7 Å². The van der Waals surface area contributed by atoms with E-state index in [1.807, 2.05) is 35.4 Å². The number of carbonyl (C=O) groups is 1. The molecule has 2 aromatic heterocycles. The van der Waals surface area contributed by atoms with Gasteiger partial charge >= 0.3 is 6.03 Å². The molecule has 2 aliphatic heterocycles. The number of carbonyl (C=O) groups excluding carboxylic acids is 1. The first-order chi connectivity index (χ1) is 15.8. The van der Waals surface area contributed by atoms with Crippen molar-refractivity contribution in [3.05, 3.63) is 72.1 Å². The zero-order valence-corrected chi connectivity index (χ0v) is 18.3. The molecule has 0 saturated carbocycles. The summed E-state index contributed by atoms with van der Waals surface area (Å²) in [4.78, 5) is 22.6. The van der Waals surface area contributed by atoms with Crippen LogP contribution in [0.5, 0.6) is 0 Å². The molecule has 1 aromatic carbocycles. The molecule has 2 amide bonds. The van der Waals surface area contributed by atoms with E-state index in [0.717, 1.165) is 55.3 Å². The van der Waals surface area contributed by atoms with Gasteiger partial charge in [0, 0.05) is 43.0 Å². The van der Waals surface area contributed by atoms with E-state index in [2.05, 4.69) is 39.6 Å². The maximum Gasteiger partial charge on any atom is 0.318 e. The third kappa shape index (κ3) is 4.55. The summed E-state index contributed by atoms with van der Waals surface area (Å²) in [6.07, 6.45) is 11.3. The lowest BCUT2D eigenvalue weighted by molar-refractivity contribution is 0.0994. The lowest BCUT2D eigenvalue weighted by Crippen LogP contribution is -2.43. The number of aromatic nitrogens is 2. The van der Waals surface area contributed by atoms with E-state index in [1.165, 1.54) is 11.1 Å². The minimum absolute atomic E-state index is 0.00188. The molecular formula is C26H30N4O2. The number of nitrogens with one attached hydrogen (secondary N) is 2. The average Bonchev–Trinajstić information content (AvgIpc) is 3.52. The Balaban J connectivity index is 1.24. The Morgan fingerprint density at radius 3 is 2.94 bits per heavy atom. The zero-order valence-electron chi connectivity index (χ0n) is 18.3. The summed E-state index contributed by atoms with van der Waals surface area (Å²) in [6.45, 7) is 2.18. The summed E-state index contributed by atoms with van der Waals surface area (Å²) in [6, 6.07) is 14.3. The molecule has 2 N–H and O–H groups in total. The minimum Gasteiger partial charge on any atom is -0.378 e. The van der Waals surface area contributed by atoms with Gasteiger partial charge in [-0.05, 0) is 55.4 Å². The van der Waals surface area contributed by atoms with Crippen LogP contribution in [0.15, 0.2) is 60.9 Å². The molecule has 4 heterocycles. The van der Waals surface area contributed by atoms with E-state index in [9.17, 15) is 4.79 Å². The number of ether oxygens (including phenoxy) is 1. The Morgan fingerprint density at radius 1 is 1.25 bits per heavy atom. The van der Waals surface area contributed by atoms with Gasteiger partial charge in [-0.3, -0.25) is 0 Å². The summed E-state index contributed by atoms with van der Waals surface area (Å²) >= 11 is 0. The lowest BCUT2D eigenvalue weighted by atomic mass is 9.98. The van der Waals surface area contributed by atoms with E-state index in [4.69, 9.17) is 4.74 Å². The molecule has 3 aromatic rings. The first-order valence-corrected chi connectivity index (χ1v) is 11.6. The molecular weight excluding hydrogens is 400 g/mol. The first kappa shape index (κ1) is 20.8. The van der Waals surface area contributed by atoms with Gasteiger partial charge in [-0.1, -0.05) is 36.4 Å². The summed E-state index contributed by atoms with van der Waals surface area (Å²) in [5.41, 5.74) is 4.51.